The molecule has 0 atom stereocenters. The van der Waals surface area contributed by atoms with E-state index in [2.05, 4.69) is 10.6 Å². The van der Waals surface area contributed by atoms with E-state index in [9.17, 15) is 13.6 Å². The van der Waals surface area contributed by atoms with Crippen molar-refractivity contribution < 1.29 is 13.6 Å². The summed E-state index contributed by atoms with van der Waals surface area (Å²) in [7, 11) is 1.68. The maximum absolute atomic E-state index is 13.4. The Kier molecular flexibility index (Phi) is 3.75. The van der Waals surface area contributed by atoms with Crippen LogP contribution < -0.4 is 10.6 Å². The summed E-state index contributed by atoms with van der Waals surface area (Å²) < 4.78 is 26.4. The van der Waals surface area contributed by atoms with Crippen LogP contribution in [0.25, 0.3) is 0 Å². The van der Waals surface area contributed by atoms with E-state index in [1.54, 1.807) is 31.3 Å². The molecular formula is C14H12F2N2O. The summed E-state index contributed by atoms with van der Waals surface area (Å²) in [5.74, 6) is -1.80. The highest BCUT2D eigenvalue weighted by atomic mass is 19.1. The maximum Gasteiger partial charge on any atom is 0.257 e. The Morgan fingerprint density at radius 1 is 1.05 bits per heavy atom. The highest BCUT2D eigenvalue weighted by Crippen LogP contribution is 2.19. The van der Waals surface area contributed by atoms with E-state index in [0.717, 1.165) is 18.2 Å². The Labute approximate surface area is 109 Å². The summed E-state index contributed by atoms with van der Waals surface area (Å²) in [6, 6.07) is 9.68. The van der Waals surface area contributed by atoms with E-state index in [1.807, 2.05) is 0 Å². The third-order valence-corrected chi connectivity index (χ3v) is 2.62. The molecule has 2 aromatic carbocycles. The van der Waals surface area contributed by atoms with E-state index in [4.69, 9.17) is 0 Å². The number of rotatable bonds is 3. The van der Waals surface area contributed by atoms with E-state index in [1.165, 1.54) is 0 Å². The Morgan fingerprint density at radius 2 is 1.79 bits per heavy atom. The van der Waals surface area contributed by atoms with Crippen LogP contribution in [-0.4, -0.2) is 13.0 Å². The summed E-state index contributed by atoms with van der Waals surface area (Å²) in [4.78, 5) is 12.0. The van der Waals surface area contributed by atoms with E-state index >= 15 is 0 Å². The lowest BCUT2D eigenvalue weighted by Crippen LogP contribution is -2.15. The van der Waals surface area contributed by atoms with Crippen molar-refractivity contribution in [1.29, 1.82) is 0 Å². The Balaban J connectivity index is 2.28. The van der Waals surface area contributed by atoms with Gasteiger partial charge in [-0.15, -0.1) is 0 Å². The minimum atomic E-state index is -0.684. The first kappa shape index (κ1) is 13.0. The lowest BCUT2D eigenvalue weighted by atomic mass is 10.1. The average molecular weight is 262 g/mol. The Hall–Kier alpha value is -2.43. The number of carbonyl (C=O) groups is 1. The molecule has 0 aliphatic heterocycles. The fourth-order valence-corrected chi connectivity index (χ4v) is 1.68. The van der Waals surface area contributed by atoms with Crippen molar-refractivity contribution in [2.45, 2.75) is 0 Å². The van der Waals surface area contributed by atoms with Crippen LogP contribution in [0.4, 0.5) is 20.2 Å². The molecule has 0 aromatic heterocycles. The van der Waals surface area contributed by atoms with Crippen LogP contribution in [0, 0.1) is 11.6 Å². The molecule has 0 radical (unpaired) electrons. The first-order chi connectivity index (χ1) is 9.11. The average Bonchev–Trinajstić information content (AvgIpc) is 2.42. The Morgan fingerprint density at radius 3 is 2.53 bits per heavy atom. The minimum Gasteiger partial charge on any atom is -0.387 e. The molecule has 2 N–H and O–H groups in total. The van der Waals surface area contributed by atoms with Crippen molar-refractivity contribution in [3.63, 3.8) is 0 Å². The molecule has 3 nitrogen and oxygen atoms in total. The van der Waals surface area contributed by atoms with Crippen molar-refractivity contribution in [2.24, 2.45) is 0 Å². The molecular weight excluding hydrogens is 250 g/mol. The number of para-hydroxylation sites is 1. The monoisotopic (exact) mass is 262 g/mol. The van der Waals surface area contributed by atoms with Crippen LogP contribution in [0.1, 0.15) is 10.4 Å². The lowest BCUT2D eigenvalue weighted by Gasteiger charge is -2.10. The van der Waals surface area contributed by atoms with Gasteiger partial charge in [0.15, 0.2) is 0 Å². The summed E-state index contributed by atoms with van der Waals surface area (Å²) in [6.07, 6.45) is 0. The molecule has 2 aromatic rings. The number of halogens is 2. The first-order valence-corrected chi connectivity index (χ1v) is 5.65. The number of amides is 1. The second kappa shape index (κ2) is 5.48. The number of benzene rings is 2. The third kappa shape index (κ3) is 2.88. The van der Waals surface area contributed by atoms with Crippen molar-refractivity contribution in [3.05, 3.63) is 59.7 Å². The number of anilines is 2. The highest BCUT2D eigenvalue weighted by molar-refractivity contribution is 6.08. The zero-order valence-corrected chi connectivity index (χ0v) is 10.2. The number of hydrogen-bond donors (Lipinski definition) is 2. The Bertz CT molecular complexity index is 614. The summed E-state index contributed by atoms with van der Waals surface area (Å²) in [5.41, 5.74) is 0.779. The molecule has 0 bridgehead atoms. The van der Waals surface area contributed by atoms with E-state index in [-0.39, 0.29) is 5.69 Å². The van der Waals surface area contributed by atoms with Gasteiger partial charge in [0.05, 0.1) is 11.3 Å². The molecule has 0 saturated carbocycles. The largest absolute Gasteiger partial charge is 0.387 e. The molecule has 0 heterocycles. The van der Waals surface area contributed by atoms with Crippen LogP contribution in [0.3, 0.4) is 0 Å². The molecule has 2 rings (SSSR count). The normalized spacial score (nSPS) is 10.1. The van der Waals surface area contributed by atoms with E-state index < -0.39 is 17.5 Å². The number of nitrogens with one attached hydrogen (secondary N) is 2. The van der Waals surface area contributed by atoms with Gasteiger partial charge in [0.1, 0.15) is 11.6 Å². The van der Waals surface area contributed by atoms with Crippen LogP contribution in [0.15, 0.2) is 42.5 Å². The van der Waals surface area contributed by atoms with Crippen molar-refractivity contribution >= 4 is 17.3 Å². The predicted molar refractivity (Wildman–Crippen MR) is 70.3 cm³/mol. The van der Waals surface area contributed by atoms with Gasteiger partial charge in [-0.3, -0.25) is 4.79 Å². The van der Waals surface area contributed by atoms with Crippen molar-refractivity contribution in [3.8, 4) is 0 Å². The summed E-state index contributed by atoms with van der Waals surface area (Å²) in [6.45, 7) is 0. The molecule has 98 valence electrons. The standard InChI is InChI=1S/C14H12F2N2O/c1-17-12-5-3-2-4-10(12)14(19)18-13-8-9(15)6-7-11(13)16/h2-8,17H,1H3,(H,18,19). The lowest BCUT2D eigenvalue weighted by molar-refractivity contribution is 0.102. The molecule has 0 unspecified atom stereocenters. The number of hydrogen-bond acceptors (Lipinski definition) is 2. The van der Waals surface area contributed by atoms with Crippen LogP contribution >= 0.6 is 0 Å². The van der Waals surface area contributed by atoms with Crippen molar-refractivity contribution in [1.82, 2.24) is 0 Å². The molecule has 0 fully saturated rings. The van der Waals surface area contributed by atoms with Crippen LogP contribution in [0.5, 0.6) is 0 Å². The molecule has 0 saturated heterocycles. The van der Waals surface area contributed by atoms with Gasteiger partial charge in [0.25, 0.3) is 5.91 Å². The van der Waals surface area contributed by atoms with Gasteiger partial charge in [-0.1, -0.05) is 12.1 Å². The fourth-order valence-electron chi connectivity index (χ4n) is 1.68. The summed E-state index contributed by atoms with van der Waals surface area (Å²) >= 11 is 0. The van der Waals surface area contributed by atoms with E-state index in [0.29, 0.717) is 11.3 Å². The quantitative estimate of drug-likeness (QED) is 0.891. The van der Waals surface area contributed by atoms with Gasteiger partial charge in [0.2, 0.25) is 0 Å². The van der Waals surface area contributed by atoms with Crippen LogP contribution in [0.2, 0.25) is 0 Å². The fraction of sp³-hybridized carbons (Fsp3) is 0.0714. The molecule has 19 heavy (non-hydrogen) atoms. The van der Waals surface area contributed by atoms with Gasteiger partial charge in [0, 0.05) is 18.8 Å². The molecule has 0 aliphatic rings. The van der Waals surface area contributed by atoms with Crippen molar-refractivity contribution in [2.75, 3.05) is 17.7 Å². The molecule has 0 aliphatic carbocycles. The zero-order valence-electron chi connectivity index (χ0n) is 10.2. The van der Waals surface area contributed by atoms with Crippen LogP contribution in [-0.2, 0) is 0 Å². The SMILES string of the molecule is CNc1ccccc1C(=O)Nc1cc(F)ccc1F. The zero-order chi connectivity index (χ0) is 13.8. The van der Waals surface area contributed by atoms with Gasteiger partial charge in [-0.2, -0.15) is 0 Å². The van der Waals surface area contributed by atoms with Gasteiger partial charge in [-0.25, -0.2) is 8.78 Å². The predicted octanol–water partition coefficient (Wildman–Crippen LogP) is 3.26. The minimum absolute atomic E-state index is 0.184. The highest BCUT2D eigenvalue weighted by Gasteiger charge is 2.12. The molecule has 1 amide bonds. The maximum atomic E-state index is 13.4. The van der Waals surface area contributed by atoms with Gasteiger partial charge in [-0.05, 0) is 24.3 Å². The second-order valence-electron chi connectivity index (χ2n) is 3.87. The third-order valence-electron chi connectivity index (χ3n) is 2.62. The summed E-state index contributed by atoms with van der Waals surface area (Å²) in [5, 5.41) is 5.21. The van der Waals surface area contributed by atoms with Gasteiger partial charge >= 0.3 is 0 Å². The smallest absolute Gasteiger partial charge is 0.257 e. The number of carbonyl (C=O) groups excluding carboxylic acids is 1. The molecule has 5 heteroatoms. The topological polar surface area (TPSA) is 41.1 Å². The van der Waals surface area contributed by atoms with Gasteiger partial charge < -0.3 is 10.6 Å². The molecule has 0 spiro atoms. The second-order valence-corrected chi connectivity index (χ2v) is 3.87. The first-order valence-electron chi connectivity index (χ1n) is 5.65.